The Hall–Kier alpha value is -0.980. The molecular weight excluding hydrogens is 327 g/mol. The van der Waals surface area contributed by atoms with Crippen LogP contribution in [0, 0.1) is 0 Å². The molecule has 96 valence electrons. The Labute approximate surface area is 120 Å². The first-order chi connectivity index (χ1) is 7.74. The second-order valence-electron chi connectivity index (χ2n) is 3.65. The maximum Gasteiger partial charge on any atom is 0.188 e. The van der Waals surface area contributed by atoms with Gasteiger partial charge in [0, 0.05) is 32.9 Å². The van der Waals surface area contributed by atoms with Crippen molar-refractivity contribution >= 4 is 35.6 Å². The molecule has 0 bridgehead atoms. The second kappa shape index (κ2) is 9.09. The van der Waals surface area contributed by atoms with Gasteiger partial charge in [-0.25, -0.2) is 0 Å². The third-order valence-electron chi connectivity index (χ3n) is 2.41. The van der Waals surface area contributed by atoms with E-state index in [4.69, 9.17) is 5.73 Å². The highest BCUT2D eigenvalue weighted by molar-refractivity contribution is 14.0. The lowest BCUT2D eigenvalue weighted by Gasteiger charge is -2.19. The van der Waals surface area contributed by atoms with Crippen LogP contribution in [0.2, 0.25) is 0 Å². The van der Waals surface area contributed by atoms with Crippen LogP contribution in [-0.4, -0.2) is 33.1 Å². The number of benzene rings is 1. The van der Waals surface area contributed by atoms with E-state index in [1.807, 2.05) is 18.2 Å². The molecule has 1 aromatic rings. The van der Waals surface area contributed by atoms with Crippen LogP contribution >= 0.6 is 24.0 Å². The lowest BCUT2D eigenvalue weighted by Crippen LogP contribution is -2.33. The van der Waals surface area contributed by atoms with Gasteiger partial charge in [0.1, 0.15) is 0 Å². The summed E-state index contributed by atoms with van der Waals surface area (Å²) in [5.41, 5.74) is 6.76. The number of nitrogens with two attached hydrogens (primary N) is 1. The van der Waals surface area contributed by atoms with Crippen LogP contribution < -0.4 is 16.0 Å². The van der Waals surface area contributed by atoms with Crippen molar-refractivity contribution in [2.45, 2.75) is 6.42 Å². The monoisotopic (exact) mass is 348 g/mol. The molecule has 0 saturated heterocycles. The number of para-hydroxylation sites is 1. The van der Waals surface area contributed by atoms with Gasteiger partial charge in [0.2, 0.25) is 0 Å². The molecule has 0 heterocycles. The molecule has 1 rings (SSSR count). The molecule has 1 aromatic carbocycles. The first kappa shape index (κ1) is 16.0. The standard InChI is InChI=1S/C12H20N4.HI/c1-14-12(13)15-9-6-10-16(2)11-7-4-3-5-8-11;/h3-5,7-8H,6,9-10H2,1-2H3,(H3,13,14,15);1H. The van der Waals surface area contributed by atoms with E-state index in [0.717, 1.165) is 19.5 Å². The van der Waals surface area contributed by atoms with Crippen LogP contribution in [0.5, 0.6) is 0 Å². The molecule has 17 heavy (non-hydrogen) atoms. The lowest BCUT2D eigenvalue weighted by atomic mass is 10.3. The fourth-order valence-electron chi connectivity index (χ4n) is 1.42. The van der Waals surface area contributed by atoms with Crippen LogP contribution in [0.4, 0.5) is 5.69 Å². The SMILES string of the molecule is CN=C(N)NCCCN(C)c1ccccc1.I. The highest BCUT2D eigenvalue weighted by Gasteiger charge is 1.98. The molecule has 0 fully saturated rings. The molecule has 5 heteroatoms. The predicted molar refractivity (Wildman–Crippen MR) is 85.3 cm³/mol. The summed E-state index contributed by atoms with van der Waals surface area (Å²) in [5.74, 6) is 0.502. The summed E-state index contributed by atoms with van der Waals surface area (Å²) in [6.07, 6.45) is 1.03. The van der Waals surface area contributed by atoms with E-state index in [1.165, 1.54) is 5.69 Å². The van der Waals surface area contributed by atoms with Crippen molar-refractivity contribution in [1.82, 2.24) is 5.32 Å². The van der Waals surface area contributed by atoms with E-state index in [9.17, 15) is 0 Å². The molecule has 0 unspecified atom stereocenters. The zero-order valence-electron chi connectivity index (χ0n) is 10.4. The molecule has 0 aliphatic rings. The molecular formula is C12H21IN4. The van der Waals surface area contributed by atoms with Crippen molar-refractivity contribution < 1.29 is 0 Å². The summed E-state index contributed by atoms with van der Waals surface area (Å²) in [6, 6.07) is 10.3. The zero-order chi connectivity index (χ0) is 11.8. The van der Waals surface area contributed by atoms with Gasteiger partial charge in [0.15, 0.2) is 5.96 Å². The molecule has 0 radical (unpaired) electrons. The van der Waals surface area contributed by atoms with E-state index < -0.39 is 0 Å². The van der Waals surface area contributed by atoms with E-state index >= 15 is 0 Å². The molecule has 0 spiro atoms. The largest absolute Gasteiger partial charge is 0.375 e. The third kappa shape index (κ3) is 6.35. The third-order valence-corrected chi connectivity index (χ3v) is 2.41. The van der Waals surface area contributed by atoms with Crippen LogP contribution in [0.3, 0.4) is 0 Å². The van der Waals surface area contributed by atoms with Gasteiger partial charge >= 0.3 is 0 Å². The first-order valence-electron chi connectivity index (χ1n) is 5.46. The van der Waals surface area contributed by atoms with Gasteiger partial charge in [0.25, 0.3) is 0 Å². The minimum atomic E-state index is 0. The van der Waals surface area contributed by atoms with Crippen LogP contribution in [0.1, 0.15) is 6.42 Å². The van der Waals surface area contributed by atoms with Crippen LogP contribution in [0.15, 0.2) is 35.3 Å². The first-order valence-corrected chi connectivity index (χ1v) is 5.46. The minimum Gasteiger partial charge on any atom is -0.375 e. The Balaban J connectivity index is 0.00000256. The quantitative estimate of drug-likeness (QED) is 0.368. The number of anilines is 1. The van der Waals surface area contributed by atoms with Gasteiger partial charge in [-0.15, -0.1) is 24.0 Å². The van der Waals surface area contributed by atoms with Gasteiger partial charge in [-0.1, -0.05) is 18.2 Å². The van der Waals surface area contributed by atoms with Gasteiger partial charge in [-0.2, -0.15) is 0 Å². The normalized spacial score (nSPS) is 10.6. The molecule has 0 aliphatic heterocycles. The van der Waals surface area contributed by atoms with Crippen molar-refractivity contribution in [1.29, 1.82) is 0 Å². The number of rotatable bonds is 5. The molecule has 0 aromatic heterocycles. The van der Waals surface area contributed by atoms with Crippen molar-refractivity contribution in [3.8, 4) is 0 Å². The Kier molecular flexibility index (Phi) is 8.57. The fourth-order valence-corrected chi connectivity index (χ4v) is 1.42. The average Bonchev–Trinajstić information content (AvgIpc) is 2.35. The summed E-state index contributed by atoms with van der Waals surface area (Å²) >= 11 is 0. The molecule has 0 saturated carbocycles. The van der Waals surface area contributed by atoms with E-state index in [1.54, 1.807) is 7.05 Å². The highest BCUT2D eigenvalue weighted by Crippen LogP contribution is 2.10. The number of nitrogens with one attached hydrogen (secondary N) is 1. The van der Waals surface area contributed by atoms with E-state index in [-0.39, 0.29) is 24.0 Å². The van der Waals surface area contributed by atoms with Crippen LogP contribution in [0.25, 0.3) is 0 Å². The number of nitrogens with zero attached hydrogens (tertiary/aromatic N) is 2. The number of halogens is 1. The number of aliphatic imine (C=N–C) groups is 1. The summed E-state index contributed by atoms with van der Waals surface area (Å²) in [4.78, 5) is 6.06. The zero-order valence-corrected chi connectivity index (χ0v) is 12.7. The van der Waals surface area contributed by atoms with Gasteiger partial charge < -0.3 is 16.0 Å². The lowest BCUT2D eigenvalue weighted by molar-refractivity contribution is 0.749. The summed E-state index contributed by atoms with van der Waals surface area (Å²) in [6.45, 7) is 1.84. The molecule has 3 N–H and O–H groups in total. The maximum atomic E-state index is 5.53. The second-order valence-corrected chi connectivity index (χ2v) is 3.65. The summed E-state index contributed by atoms with van der Waals surface area (Å²) in [5, 5.41) is 3.04. The Morgan fingerprint density at radius 3 is 2.59 bits per heavy atom. The minimum absolute atomic E-state index is 0. The topological polar surface area (TPSA) is 53.6 Å². The Morgan fingerprint density at radius 2 is 2.00 bits per heavy atom. The van der Waals surface area contributed by atoms with Gasteiger partial charge in [-0.3, -0.25) is 4.99 Å². The fraction of sp³-hybridized carbons (Fsp3) is 0.417. The van der Waals surface area contributed by atoms with Crippen LogP contribution in [-0.2, 0) is 0 Å². The predicted octanol–water partition coefficient (Wildman–Crippen LogP) is 1.67. The average molecular weight is 348 g/mol. The van der Waals surface area contributed by atoms with Crippen molar-refractivity contribution in [2.24, 2.45) is 10.7 Å². The molecule has 0 amide bonds. The van der Waals surface area contributed by atoms with E-state index in [0.29, 0.717) is 5.96 Å². The maximum absolute atomic E-state index is 5.53. The Morgan fingerprint density at radius 1 is 1.35 bits per heavy atom. The van der Waals surface area contributed by atoms with Crippen molar-refractivity contribution in [2.75, 3.05) is 32.1 Å². The number of hydrogen-bond donors (Lipinski definition) is 2. The van der Waals surface area contributed by atoms with E-state index in [2.05, 4.69) is 34.4 Å². The number of hydrogen-bond acceptors (Lipinski definition) is 2. The summed E-state index contributed by atoms with van der Waals surface area (Å²) in [7, 11) is 3.77. The van der Waals surface area contributed by atoms with Crippen molar-refractivity contribution in [3.05, 3.63) is 30.3 Å². The number of guanidine groups is 1. The van der Waals surface area contributed by atoms with Gasteiger partial charge in [0.05, 0.1) is 0 Å². The summed E-state index contributed by atoms with van der Waals surface area (Å²) < 4.78 is 0. The smallest absolute Gasteiger partial charge is 0.188 e. The molecule has 0 atom stereocenters. The Bertz CT molecular complexity index is 327. The molecule has 0 aliphatic carbocycles. The highest BCUT2D eigenvalue weighted by atomic mass is 127. The van der Waals surface area contributed by atoms with Gasteiger partial charge in [-0.05, 0) is 18.6 Å². The van der Waals surface area contributed by atoms with Crippen molar-refractivity contribution in [3.63, 3.8) is 0 Å². The molecule has 4 nitrogen and oxygen atoms in total.